The van der Waals surface area contributed by atoms with Crippen LogP contribution in [0.5, 0.6) is 0 Å². The summed E-state index contributed by atoms with van der Waals surface area (Å²) in [5.74, 6) is 0.271. The highest BCUT2D eigenvalue weighted by Crippen LogP contribution is 2.24. The molecule has 5 nitrogen and oxygen atoms in total. The lowest BCUT2D eigenvalue weighted by Gasteiger charge is -2.11. The van der Waals surface area contributed by atoms with Crippen molar-refractivity contribution in [1.82, 2.24) is 4.98 Å². The fourth-order valence-electron chi connectivity index (χ4n) is 1.81. The molecule has 2 aromatic rings. The Morgan fingerprint density at radius 2 is 1.86 bits per heavy atom. The second-order valence-electron chi connectivity index (χ2n) is 4.82. The smallest absolute Gasteiger partial charge is 0.263 e. The number of aryl methyl sites for hydroxylation is 2. The van der Waals surface area contributed by atoms with Crippen molar-refractivity contribution >= 4 is 37.5 Å². The summed E-state index contributed by atoms with van der Waals surface area (Å²) in [6, 6.07) is 6.39. The zero-order valence-electron chi connectivity index (χ0n) is 11.9. The number of hydrogen-bond acceptors (Lipinski definition) is 4. The molecule has 0 aliphatic carbocycles. The molecule has 2 rings (SSSR count). The second-order valence-corrected chi connectivity index (χ2v) is 7.36. The Morgan fingerprint density at radius 3 is 2.43 bits per heavy atom. The van der Waals surface area contributed by atoms with Gasteiger partial charge >= 0.3 is 0 Å². The molecule has 21 heavy (non-hydrogen) atoms. The lowest BCUT2D eigenvalue weighted by atomic mass is 10.1. The number of benzene rings is 1. The minimum absolute atomic E-state index is 0.130. The quantitative estimate of drug-likeness (QED) is 0.813. The molecule has 0 amide bonds. The van der Waals surface area contributed by atoms with Crippen LogP contribution in [-0.2, 0) is 10.0 Å². The zero-order valence-corrected chi connectivity index (χ0v) is 14.3. The van der Waals surface area contributed by atoms with Crippen molar-refractivity contribution < 1.29 is 8.42 Å². The van der Waals surface area contributed by atoms with Gasteiger partial charge in [-0.15, -0.1) is 0 Å². The summed E-state index contributed by atoms with van der Waals surface area (Å²) in [7, 11) is -3.71. The fourth-order valence-corrected chi connectivity index (χ4v) is 3.15. The van der Waals surface area contributed by atoms with E-state index in [1.54, 1.807) is 25.1 Å². The number of pyridine rings is 1. The van der Waals surface area contributed by atoms with Gasteiger partial charge in [-0.25, -0.2) is 13.4 Å². The highest BCUT2D eigenvalue weighted by atomic mass is 79.9. The van der Waals surface area contributed by atoms with Gasteiger partial charge in [-0.1, -0.05) is 0 Å². The molecule has 0 radical (unpaired) electrons. The summed E-state index contributed by atoms with van der Waals surface area (Å²) in [6.45, 7) is 5.47. The van der Waals surface area contributed by atoms with Crippen molar-refractivity contribution in [2.24, 2.45) is 0 Å². The van der Waals surface area contributed by atoms with Crippen molar-refractivity contribution in [3.63, 3.8) is 0 Å². The van der Waals surface area contributed by atoms with Crippen molar-refractivity contribution in [2.45, 2.75) is 25.7 Å². The van der Waals surface area contributed by atoms with E-state index in [-0.39, 0.29) is 10.7 Å². The molecule has 1 heterocycles. The third-order valence-electron chi connectivity index (χ3n) is 3.25. The van der Waals surface area contributed by atoms with Gasteiger partial charge in [-0.2, -0.15) is 0 Å². The average molecular weight is 370 g/mol. The first-order valence-corrected chi connectivity index (χ1v) is 8.51. The number of nitrogens with two attached hydrogens (primary N) is 1. The average Bonchev–Trinajstić information content (AvgIpc) is 2.39. The Labute approximate surface area is 132 Å². The van der Waals surface area contributed by atoms with Crippen LogP contribution in [-0.4, -0.2) is 13.4 Å². The number of anilines is 2. The second kappa shape index (κ2) is 5.65. The van der Waals surface area contributed by atoms with Gasteiger partial charge in [0.1, 0.15) is 5.82 Å². The molecular weight excluding hydrogens is 354 g/mol. The van der Waals surface area contributed by atoms with Gasteiger partial charge in [-0.3, -0.25) is 4.72 Å². The first-order chi connectivity index (χ1) is 9.70. The normalized spacial score (nSPS) is 11.4. The molecule has 0 spiro atoms. The zero-order chi connectivity index (χ0) is 15.8. The summed E-state index contributed by atoms with van der Waals surface area (Å²) in [4.78, 5) is 4.31. The van der Waals surface area contributed by atoms with Crippen LogP contribution in [0.15, 0.2) is 33.6 Å². The van der Waals surface area contributed by atoms with E-state index in [0.717, 1.165) is 15.6 Å². The molecular formula is C14H16BrN3O2S. The van der Waals surface area contributed by atoms with Crippen LogP contribution in [0.25, 0.3) is 0 Å². The number of hydrogen-bond donors (Lipinski definition) is 2. The van der Waals surface area contributed by atoms with Gasteiger partial charge in [0.25, 0.3) is 10.0 Å². The highest BCUT2D eigenvalue weighted by molar-refractivity contribution is 9.10. The molecule has 0 saturated carbocycles. The molecule has 112 valence electrons. The van der Waals surface area contributed by atoms with Crippen molar-refractivity contribution in [3.05, 3.63) is 45.6 Å². The van der Waals surface area contributed by atoms with E-state index >= 15 is 0 Å². The van der Waals surface area contributed by atoms with E-state index in [0.29, 0.717) is 11.4 Å². The summed E-state index contributed by atoms with van der Waals surface area (Å²) < 4.78 is 28.1. The van der Waals surface area contributed by atoms with Crippen LogP contribution in [0, 0.1) is 20.8 Å². The molecule has 1 aromatic carbocycles. The first kappa shape index (κ1) is 15.8. The molecule has 0 atom stereocenters. The van der Waals surface area contributed by atoms with Gasteiger partial charge < -0.3 is 5.73 Å². The van der Waals surface area contributed by atoms with E-state index < -0.39 is 10.0 Å². The van der Waals surface area contributed by atoms with Crippen LogP contribution >= 0.6 is 15.9 Å². The summed E-state index contributed by atoms with van der Waals surface area (Å²) in [6.07, 6.45) is 0. The number of aromatic nitrogens is 1. The van der Waals surface area contributed by atoms with E-state index in [1.807, 2.05) is 13.8 Å². The SMILES string of the molecule is Cc1cc(S(=O)(=O)Nc2ccc(Br)c(C)n2)cc(N)c1C. The highest BCUT2D eigenvalue weighted by Gasteiger charge is 2.17. The molecule has 0 fully saturated rings. The maximum Gasteiger partial charge on any atom is 0.263 e. The number of nitrogens with zero attached hydrogens (tertiary/aromatic N) is 1. The predicted molar refractivity (Wildman–Crippen MR) is 87.8 cm³/mol. The van der Waals surface area contributed by atoms with Crippen molar-refractivity contribution in [1.29, 1.82) is 0 Å². The largest absolute Gasteiger partial charge is 0.398 e. The maximum absolute atomic E-state index is 12.4. The van der Waals surface area contributed by atoms with Crippen LogP contribution in [0.1, 0.15) is 16.8 Å². The van der Waals surface area contributed by atoms with Gasteiger partial charge in [0.05, 0.1) is 10.6 Å². The topological polar surface area (TPSA) is 85.1 Å². The lowest BCUT2D eigenvalue weighted by Crippen LogP contribution is -2.15. The van der Waals surface area contributed by atoms with Crippen LogP contribution in [0.3, 0.4) is 0 Å². The predicted octanol–water partition coefficient (Wildman–Crippen LogP) is 3.15. The minimum Gasteiger partial charge on any atom is -0.398 e. The number of nitrogen functional groups attached to an aromatic ring is 1. The van der Waals surface area contributed by atoms with Crippen molar-refractivity contribution in [3.8, 4) is 0 Å². The Bertz CT molecular complexity index is 781. The number of nitrogens with one attached hydrogen (secondary N) is 1. The Hall–Kier alpha value is -1.60. The molecule has 7 heteroatoms. The molecule has 0 bridgehead atoms. The van der Waals surface area contributed by atoms with Crippen molar-refractivity contribution in [2.75, 3.05) is 10.5 Å². The number of halogens is 1. The van der Waals surface area contributed by atoms with Crippen LogP contribution in [0.2, 0.25) is 0 Å². The third kappa shape index (κ3) is 3.36. The number of sulfonamides is 1. The Morgan fingerprint density at radius 1 is 1.19 bits per heavy atom. The molecule has 0 aliphatic heterocycles. The van der Waals surface area contributed by atoms with Gasteiger partial charge in [-0.05, 0) is 72.1 Å². The molecule has 1 aromatic heterocycles. The summed E-state index contributed by atoms with van der Waals surface area (Å²) >= 11 is 3.32. The molecule has 3 N–H and O–H groups in total. The first-order valence-electron chi connectivity index (χ1n) is 6.23. The molecule has 0 saturated heterocycles. The monoisotopic (exact) mass is 369 g/mol. The van der Waals surface area contributed by atoms with E-state index in [2.05, 4.69) is 25.6 Å². The maximum atomic E-state index is 12.4. The van der Waals surface area contributed by atoms with E-state index in [1.165, 1.54) is 6.07 Å². The fraction of sp³-hybridized carbons (Fsp3) is 0.214. The summed E-state index contributed by atoms with van der Waals surface area (Å²) in [5.41, 5.74) is 8.71. The van der Waals surface area contributed by atoms with Gasteiger partial charge in [0, 0.05) is 10.2 Å². The summed E-state index contributed by atoms with van der Waals surface area (Å²) in [5, 5.41) is 0. The van der Waals surface area contributed by atoms with E-state index in [9.17, 15) is 8.42 Å². The van der Waals surface area contributed by atoms with Gasteiger partial charge in [0.2, 0.25) is 0 Å². The lowest BCUT2D eigenvalue weighted by molar-refractivity contribution is 0.601. The number of rotatable bonds is 3. The third-order valence-corrected chi connectivity index (χ3v) is 5.42. The van der Waals surface area contributed by atoms with Gasteiger partial charge in [0.15, 0.2) is 0 Å². The van der Waals surface area contributed by atoms with Crippen LogP contribution in [0.4, 0.5) is 11.5 Å². The molecule has 0 aliphatic rings. The Kier molecular flexibility index (Phi) is 4.25. The minimum atomic E-state index is -3.71. The molecule has 0 unspecified atom stereocenters. The Balaban J connectivity index is 2.40. The standard InChI is InChI=1S/C14H16BrN3O2S/c1-8-6-11(7-13(16)9(8)2)21(19,20)18-14-5-4-12(15)10(3)17-14/h4-7H,16H2,1-3H3,(H,17,18). The van der Waals surface area contributed by atoms with E-state index in [4.69, 9.17) is 5.73 Å². The van der Waals surface area contributed by atoms with Crippen LogP contribution < -0.4 is 10.5 Å².